The van der Waals surface area contributed by atoms with Gasteiger partial charge in [0.05, 0.1) is 5.02 Å². The van der Waals surface area contributed by atoms with Crippen molar-refractivity contribution in [2.45, 2.75) is 57.8 Å². The average Bonchev–Trinajstić information content (AvgIpc) is 2.36. The number of pyridine rings is 1. The molecule has 1 aromatic rings. The van der Waals surface area contributed by atoms with Gasteiger partial charge in [0.1, 0.15) is 5.82 Å². The van der Waals surface area contributed by atoms with Crippen molar-refractivity contribution >= 4 is 54.2 Å². The molecule has 1 aliphatic carbocycles. The minimum Gasteiger partial charge on any atom is -0.414 e. The van der Waals surface area contributed by atoms with Crippen LogP contribution in [-0.4, -0.2) is 25.3 Å². The van der Waals surface area contributed by atoms with Gasteiger partial charge in [0.25, 0.3) is 0 Å². The number of anilines is 1. The van der Waals surface area contributed by atoms with Crippen molar-refractivity contribution in [2.24, 2.45) is 5.92 Å². The van der Waals surface area contributed by atoms with Crippen LogP contribution in [0.4, 0.5) is 5.82 Å². The van der Waals surface area contributed by atoms with E-state index in [4.69, 9.17) is 16.0 Å². The standard InChI is InChI=1S/C16H24ClIN2O2Si/c1-16(2,3)23(4,5)22-11-6-10(7-11)15(21)20-14-8-13(18)12(17)9-19-14/h8-11H,6-7H2,1-5H3,(H,19,20,21). The molecule has 2 rings (SSSR count). The number of rotatable bonds is 4. The molecule has 1 heterocycles. The smallest absolute Gasteiger partial charge is 0.228 e. The van der Waals surface area contributed by atoms with Crippen LogP contribution in [0.15, 0.2) is 12.3 Å². The maximum Gasteiger partial charge on any atom is 0.228 e. The van der Waals surface area contributed by atoms with Crippen molar-refractivity contribution in [3.8, 4) is 0 Å². The number of halogens is 2. The summed E-state index contributed by atoms with van der Waals surface area (Å²) in [5, 5.41) is 3.66. The van der Waals surface area contributed by atoms with Crippen molar-refractivity contribution in [2.75, 3.05) is 5.32 Å². The number of aromatic nitrogens is 1. The van der Waals surface area contributed by atoms with Crippen LogP contribution in [0.1, 0.15) is 33.6 Å². The van der Waals surface area contributed by atoms with Crippen LogP contribution in [0.2, 0.25) is 23.2 Å². The molecule has 0 aliphatic heterocycles. The van der Waals surface area contributed by atoms with Gasteiger partial charge in [0.15, 0.2) is 8.32 Å². The van der Waals surface area contributed by atoms with E-state index < -0.39 is 8.32 Å². The minimum absolute atomic E-state index is 0.0138. The molecule has 0 radical (unpaired) electrons. The second-order valence-corrected chi connectivity index (χ2v) is 14.0. The SMILES string of the molecule is CC(C)(C)[Si](C)(C)OC1CC(C(=O)Nc2cc(I)c(Cl)cn2)C1. The molecule has 1 aliphatic rings. The van der Waals surface area contributed by atoms with Crippen molar-refractivity contribution in [1.82, 2.24) is 4.98 Å². The highest BCUT2D eigenvalue weighted by Gasteiger charge is 2.44. The zero-order chi connectivity index (χ0) is 17.4. The molecule has 1 amide bonds. The number of carbonyl (C=O) groups is 1. The lowest BCUT2D eigenvalue weighted by atomic mass is 9.82. The van der Waals surface area contributed by atoms with E-state index in [0.29, 0.717) is 10.8 Å². The van der Waals surface area contributed by atoms with Crippen molar-refractivity contribution in [3.63, 3.8) is 0 Å². The molecule has 0 unspecified atom stereocenters. The van der Waals surface area contributed by atoms with E-state index >= 15 is 0 Å². The molecule has 0 atom stereocenters. The Hall–Kier alpha value is -0.183. The monoisotopic (exact) mass is 466 g/mol. The number of nitrogens with zero attached hydrogens (tertiary/aromatic N) is 1. The molecule has 1 N–H and O–H groups in total. The van der Waals surface area contributed by atoms with Crippen LogP contribution in [-0.2, 0) is 9.22 Å². The molecular formula is C16H24ClIN2O2Si. The van der Waals surface area contributed by atoms with Gasteiger partial charge < -0.3 is 9.74 Å². The molecule has 128 valence electrons. The van der Waals surface area contributed by atoms with E-state index in [2.05, 4.69) is 66.8 Å². The first-order valence-corrected chi connectivity index (χ1v) is 12.2. The summed E-state index contributed by atoms with van der Waals surface area (Å²) in [6.07, 6.45) is 3.36. The normalized spacial score (nSPS) is 21.7. The fraction of sp³-hybridized carbons (Fsp3) is 0.625. The molecule has 0 aromatic carbocycles. The Morgan fingerprint density at radius 3 is 2.57 bits per heavy atom. The van der Waals surface area contributed by atoms with Gasteiger partial charge in [-0.2, -0.15) is 0 Å². The summed E-state index contributed by atoms with van der Waals surface area (Å²) in [6, 6.07) is 1.78. The lowest BCUT2D eigenvalue weighted by Gasteiger charge is -2.44. The van der Waals surface area contributed by atoms with Crippen LogP contribution < -0.4 is 5.32 Å². The van der Waals surface area contributed by atoms with Crippen LogP contribution in [0.25, 0.3) is 0 Å². The number of nitrogens with one attached hydrogen (secondary N) is 1. The maximum atomic E-state index is 12.3. The molecule has 0 saturated heterocycles. The lowest BCUT2D eigenvalue weighted by Crippen LogP contribution is -2.49. The Balaban J connectivity index is 1.85. The van der Waals surface area contributed by atoms with Gasteiger partial charge in [0, 0.05) is 21.8 Å². The second kappa shape index (κ2) is 6.97. The van der Waals surface area contributed by atoms with Crippen LogP contribution in [0.5, 0.6) is 0 Å². The third-order valence-corrected chi connectivity index (χ3v) is 10.8. The highest BCUT2D eigenvalue weighted by Crippen LogP contribution is 2.41. The molecular weight excluding hydrogens is 443 g/mol. The van der Waals surface area contributed by atoms with Gasteiger partial charge in [0.2, 0.25) is 5.91 Å². The summed E-state index contributed by atoms with van der Waals surface area (Å²) in [4.78, 5) is 16.4. The highest BCUT2D eigenvalue weighted by atomic mass is 127. The van der Waals surface area contributed by atoms with Crippen LogP contribution in [0.3, 0.4) is 0 Å². The minimum atomic E-state index is -1.75. The molecule has 0 bridgehead atoms. The summed E-state index contributed by atoms with van der Waals surface area (Å²) in [5.41, 5.74) is 0. The fourth-order valence-corrected chi connectivity index (χ4v) is 4.10. The van der Waals surface area contributed by atoms with Gasteiger partial charge in [-0.15, -0.1) is 0 Å². The van der Waals surface area contributed by atoms with Crippen LogP contribution >= 0.6 is 34.2 Å². The van der Waals surface area contributed by atoms with Crippen LogP contribution in [0, 0.1) is 9.49 Å². The molecule has 0 spiro atoms. The fourth-order valence-electron chi connectivity index (χ4n) is 2.18. The second-order valence-electron chi connectivity index (χ2n) is 7.64. The van der Waals surface area contributed by atoms with Gasteiger partial charge in [-0.25, -0.2) is 4.98 Å². The van der Waals surface area contributed by atoms with Crippen molar-refractivity contribution in [1.29, 1.82) is 0 Å². The maximum absolute atomic E-state index is 12.3. The Labute approximate surface area is 158 Å². The first-order valence-electron chi connectivity index (χ1n) is 7.79. The Bertz CT molecular complexity index is 598. The zero-order valence-corrected chi connectivity index (χ0v) is 18.2. The molecule has 1 saturated carbocycles. The van der Waals surface area contributed by atoms with Crippen molar-refractivity contribution < 1.29 is 9.22 Å². The van der Waals surface area contributed by atoms with Gasteiger partial charge in [-0.3, -0.25) is 4.79 Å². The Morgan fingerprint density at radius 2 is 2.04 bits per heavy atom. The van der Waals surface area contributed by atoms with E-state index in [1.54, 1.807) is 12.3 Å². The largest absolute Gasteiger partial charge is 0.414 e. The number of hydrogen-bond acceptors (Lipinski definition) is 3. The van der Waals surface area contributed by atoms with E-state index in [1.165, 1.54) is 0 Å². The predicted molar refractivity (Wildman–Crippen MR) is 105 cm³/mol. The quantitative estimate of drug-likeness (QED) is 0.497. The number of hydrogen-bond donors (Lipinski definition) is 1. The molecule has 23 heavy (non-hydrogen) atoms. The molecule has 1 fully saturated rings. The third kappa shape index (κ3) is 4.67. The third-order valence-electron chi connectivity index (χ3n) is 4.79. The van der Waals surface area contributed by atoms with E-state index in [9.17, 15) is 4.79 Å². The van der Waals surface area contributed by atoms with E-state index in [1.807, 2.05) is 0 Å². The Morgan fingerprint density at radius 1 is 1.43 bits per heavy atom. The van der Waals surface area contributed by atoms with E-state index in [-0.39, 0.29) is 23.0 Å². The first kappa shape index (κ1) is 19.1. The zero-order valence-electron chi connectivity index (χ0n) is 14.2. The molecule has 1 aromatic heterocycles. The molecule has 4 nitrogen and oxygen atoms in total. The molecule has 7 heteroatoms. The number of amides is 1. The summed E-state index contributed by atoms with van der Waals surface area (Å²) in [6.45, 7) is 11.2. The summed E-state index contributed by atoms with van der Waals surface area (Å²) < 4.78 is 7.21. The summed E-state index contributed by atoms with van der Waals surface area (Å²) in [7, 11) is -1.75. The van der Waals surface area contributed by atoms with E-state index in [0.717, 1.165) is 16.4 Å². The first-order chi connectivity index (χ1) is 10.5. The highest BCUT2D eigenvalue weighted by molar-refractivity contribution is 14.1. The summed E-state index contributed by atoms with van der Waals surface area (Å²) in [5.74, 6) is 0.586. The lowest BCUT2D eigenvalue weighted by molar-refractivity contribution is -0.125. The van der Waals surface area contributed by atoms with Crippen molar-refractivity contribution in [3.05, 3.63) is 20.9 Å². The summed E-state index contributed by atoms with van der Waals surface area (Å²) >= 11 is 8.06. The Kier molecular flexibility index (Phi) is 5.81. The topological polar surface area (TPSA) is 51.2 Å². The number of carbonyl (C=O) groups excluding carboxylic acids is 1. The van der Waals surface area contributed by atoms with Gasteiger partial charge >= 0.3 is 0 Å². The van der Waals surface area contributed by atoms with Gasteiger partial charge in [-0.1, -0.05) is 32.4 Å². The predicted octanol–water partition coefficient (Wildman–Crippen LogP) is 5.08. The average molecular weight is 467 g/mol. The van der Waals surface area contributed by atoms with Gasteiger partial charge in [-0.05, 0) is 59.6 Å².